The summed E-state index contributed by atoms with van der Waals surface area (Å²) in [5.41, 5.74) is 2.74. The number of rotatable bonds is 17. The molecule has 0 heterocycles. The Labute approximate surface area is 194 Å². The van der Waals surface area contributed by atoms with Crippen molar-refractivity contribution in [3.63, 3.8) is 0 Å². The Morgan fingerprint density at radius 2 is 1.53 bits per heavy atom. The molecule has 4 heteroatoms. The zero-order valence-electron chi connectivity index (χ0n) is 19.7. The van der Waals surface area contributed by atoms with Crippen molar-refractivity contribution in [1.82, 2.24) is 0 Å². The Balaban J connectivity index is 1.63. The van der Waals surface area contributed by atoms with E-state index in [-0.39, 0.29) is 19.2 Å². The maximum atomic E-state index is 12.2. The smallest absolute Gasteiger partial charge is 0.306 e. The number of aryl methyl sites for hydroxylation is 1. The van der Waals surface area contributed by atoms with Crippen LogP contribution in [0.3, 0.4) is 0 Å². The summed E-state index contributed by atoms with van der Waals surface area (Å²) in [6.45, 7) is 3.18. The number of carbonyl (C=O) groups is 1. The summed E-state index contributed by atoms with van der Waals surface area (Å²) in [5.74, 6) is 0.642. The zero-order chi connectivity index (χ0) is 22.9. The van der Waals surface area contributed by atoms with Crippen LogP contribution < -0.4 is 4.74 Å². The van der Waals surface area contributed by atoms with Crippen LogP contribution in [0.25, 0.3) is 0 Å². The van der Waals surface area contributed by atoms with Gasteiger partial charge in [-0.1, -0.05) is 101 Å². The predicted molar refractivity (Wildman–Crippen MR) is 130 cm³/mol. The lowest BCUT2D eigenvalue weighted by atomic mass is 10.1. The largest absolute Gasteiger partial charge is 0.493 e. The molecule has 0 bridgehead atoms. The van der Waals surface area contributed by atoms with Crippen LogP contribution >= 0.6 is 0 Å². The number of hydrogen-bond donors (Lipinski definition) is 1. The van der Waals surface area contributed by atoms with Crippen molar-refractivity contribution in [2.75, 3.05) is 6.61 Å². The first kappa shape index (κ1) is 25.9. The highest BCUT2D eigenvalue weighted by molar-refractivity contribution is 5.69. The Hall–Kier alpha value is -2.33. The van der Waals surface area contributed by atoms with Crippen LogP contribution in [-0.2, 0) is 29.2 Å². The van der Waals surface area contributed by atoms with Crippen LogP contribution in [0, 0.1) is 0 Å². The van der Waals surface area contributed by atoms with Gasteiger partial charge in [-0.25, -0.2) is 0 Å². The zero-order valence-corrected chi connectivity index (χ0v) is 19.7. The number of para-hydroxylation sites is 1. The molecule has 0 aliphatic carbocycles. The number of hydrogen-bond acceptors (Lipinski definition) is 4. The molecule has 0 unspecified atom stereocenters. The minimum Gasteiger partial charge on any atom is -0.493 e. The molecule has 1 N–H and O–H groups in total. The quantitative estimate of drug-likeness (QED) is 0.218. The van der Waals surface area contributed by atoms with Crippen LogP contribution in [0.15, 0.2) is 48.5 Å². The van der Waals surface area contributed by atoms with E-state index in [4.69, 9.17) is 9.47 Å². The van der Waals surface area contributed by atoms with Crippen molar-refractivity contribution in [3.8, 4) is 5.75 Å². The molecular formula is C28H40O4. The van der Waals surface area contributed by atoms with Gasteiger partial charge in [-0.3, -0.25) is 4.79 Å². The number of aliphatic hydroxyl groups is 1. The average Bonchev–Trinajstić information content (AvgIpc) is 2.83. The van der Waals surface area contributed by atoms with Crippen molar-refractivity contribution in [2.45, 2.75) is 90.8 Å². The molecule has 4 nitrogen and oxygen atoms in total. The van der Waals surface area contributed by atoms with Gasteiger partial charge in [0, 0.05) is 6.42 Å². The van der Waals surface area contributed by atoms with Crippen molar-refractivity contribution in [2.24, 2.45) is 0 Å². The molecule has 176 valence electrons. The third kappa shape index (κ3) is 10.8. The minimum atomic E-state index is -0.229. The van der Waals surface area contributed by atoms with E-state index in [9.17, 15) is 9.90 Å². The Morgan fingerprint density at radius 3 is 2.28 bits per heavy atom. The highest BCUT2D eigenvalue weighted by atomic mass is 16.5. The minimum absolute atomic E-state index is 0.0163. The number of ether oxygens (including phenoxy) is 2. The molecule has 0 radical (unpaired) electrons. The monoisotopic (exact) mass is 440 g/mol. The third-order valence-electron chi connectivity index (χ3n) is 5.65. The van der Waals surface area contributed by atoms with Gasteiger partial charge in [0.25, 0.3) is 0 Å². The fourth-order valence-electron chi connectivity index (χ4n) is 3.74. The standard InChI is InChI=1S/C28H40O4/c1-2-3-4-5-6-7-8-9-12-20-31-27-17-11-10-16-26(27)18-19-28(30)32-23-25-15-13-14-24(21-25)22-29/h10-11,13-17,21,29H,2-9,12,18-20,22-23H2,1H3. The summed E-state index contributed by atoms with van der Waals surface area (Å²) in [6, 6.07) is 15.4. The molecule has 0 saturated carbocycles. The van der Waals surface area contributed by atoms with E-state index in [1.54, 1.807) is 0 Å². The van der Waals surface area contributed by atoms with Crippen LogP contribution in [0.2, 0.25) is 0 Å². The van der Waals surface area contributed by atoms with E-state index in [1.165, 1.54) is 51.4 Å². The molecule has 0 aromatic heterocycles. The summed E-state index contributed by atoms with van der Waals surface area (Å²) in [5, 5.41) is 9.21. The SMILES string of the molecule is CCCCCCCCCCCOc1ccccc1CCC(=O)OCc1cccc(CO)c1. The topological polar surface area (TPSA) is 55.8 Å². The normalized spacial score (nSPS) is 10.8. The van der Waals surface area contributed by atoms with Crippen molar-refractivity contribution in [1.29, 1.82) is 0 Å². The third-order valence-corrected chi connectivity index (χ3v) is 5.65. The van der Waals surface area contributed by atoms with Crippen LogP contribution in [0.5, 0.6) is 5.75 Å². The lowest BCUT2D eigenvalue weighted by molar-refractivity contribution is -0.144. The number of esters is 1. The molecule has 2 aromatic carbocycles. The molecule has 32 heavy (non-hydrogen) atoms. The van der Waals surface area contributed by atoms with Gasteiger partial charge >= 0.3 is 5.97 Å². The summed E-state index contributed by atoms with van der Waals surface area (Å²) >= 11 is 0. The Kier molecular flexibility index (Phi) is 13.2. The van der Waals surface area contributed by atoms with Gasteiger partial charge in [-0.15, -0.1) is 0 Å². The van der Waals surface area contributed by atoms with E-state index in [0.717, 1.165) is 35.5 Å². The van der Waals surface area contributed by atoms with Crippen LogP contribution in [0.4, 0.5) is 0 Å². The highest BCUT2D eigenvalue weighted by Crippen LogP contribution is 2.21. The van der Waals surface area contributed by atoms with Gasteiger partial charge in [-0.2, -0.15) is 0 Å². The number of aliphatic hydroxyl groups excluding tert-OH is 1. The second kappa shape index (κ2) is 16.3. The number of unbranched alkanes of at least 4 members (excludes halogenated alkanes) is 8. The molecular weight excluding hydrogens is 400 g/mol. The van der Waals surface area contributed by atoms with Gasteiger partial charge in [-0.05, 0) is 35.6 Å². The second-order valence-corrected chi connectivity index (χ2v) is 8.42. The summed E-state index contributed by atoms with van der Waals surface area (Å²) in [4.78, 5) is 12.2. The Morgan fingerprint density at radius 1 is 0.844 bits per heavy atom. The van der Waals surface area contributed by atoms with Gasteiger partial charge < -0.3 is 14.6 Å². The Bertz CT molecular complexity index is 772. The molecule has 2 aromatic rings. The van der Waals surface area contributed by atoms with Crippen molar-refractivity contribution in [3.05, 3.63) is 65.2 Å². The van der Waals surface area contributed by atoms with E-state index in [0.29, 0.717) is 12.8 Å². The molecule has 0 fully saturated rings. The fourth-order valence-corrected chi connectivity index (χ4v) is 3.74. The first-order valence-electron chi connectivity index (χ1n) is 12.3. The van der Waals surface area contributed by atoms with Crippen LogP contribution in [-0.4, -0.2) is 17.7 Å². The lowest BCUT2D eigenvalue weighted by Gasteiger charge is -2.12. The molecule has 0 saturated heterocycles. The molecule has 0 aliphatic heterocycles. The van der Waals surface area contributed by atoms with E-state index in [1.807, 2.05) is 48.5 Å². The fraction of sp³-hybridized carbons (Fsp3) is 0.536. The average molecular weight is 441 g/mol. The van der Waals surface area contributed by atoms with Gasteiger partial charge in [0.15, 0.2) is 0 Å². The first-order valence-corrected chi connectivity index (χ1v) is 12.3. The van der Waals surface area contributed by atoms with Gasteiger partial charge in [0.05, 0.1) is 13.2 Å². The maximum Gasteiger partial charge on any atom is 0.306 e. The van der Waals surface area contributed by atoms with Crippen LogP contribution in [0.1, 0.15) is 87.8 Å². The first-order chi connectivity index (χ1) is 15.7. The number of carbonyl (C=O) groups excluding carboxylic acids is 1. The molecule has 0 spiro atoms. The maximum absolute atomic E-state index is 12.2. The van der Waals surface area contributed by atoms with E-state index < -0.39 is 0 Å². The lowest BCUT2D eigenvalue weighted by Crippen LogP contribution is -2.07. The summed E-state index contributed by atoms with van der Waals surface area (Å²) < 4.78 is 11.4. The molecule has 0 atom stereocenters. The molecule has 2 rings (SSSR count). The highest BCUT2D eigenvalue weighted by Gasteiger charge is 2.09. The summed E-state index contributed by atoms with van der Waals surface area (Å²) in [7, 11) is 0. The van der Waals surface area contributed by atoms with Gasteiger partial charge in [0.1, 0.15) is 12.4 Å². The van der Waals surface area contributed by atoms with Crippen molar-refractivity contribution >= 4 is 5.97 Å². The van der Waals surface area contributed by atoms with E-state index in [2.05, 4.69) is 6.92 Å². The molecule has 0 amide bonds. The predicted octanol–water partition coefficient (Wildman–Crippen LogP) is 6.76. The van der Waals surface area contributed by atoms with Gasteiger partial charge in [0.2, 0.25) is 0 Å². The second-order valence-electron chi connectivity index (χ2n) is 8.42. The summed E-state index contributed by atoms with van der Waals surface area (Å²) in [6.07, 6.45) is 12.6. The number of benzene rings is 2. The molecule has 0 aliphatic rings. The van der Waals surface area contributed by atoms with Crippen molar-refractivity contribution < 1.29 is 19.4 Å². The van der Waals surface area contributed by atoms with E-state index >= 15 is 0 Å².